The lowest BCUT2D eigenvalue weighted by Crippen LogP contribution is -2.43. The first-order valence-electron chi connectivity index (χ1n) is 6.02. The number of nitrogens with zero attached hydrogens (tertiary/aromatic N) is 1. The molecule has 16 heavy (non-hydrogen) atoms. The predicted octanol–water partition coefficient (Wildman–Crippen LogP) is 2.28. The van der Waals surface area contributed by atoms with E-state index in [2.05, 4.69) is 6.92 Å². The Morgan fingerprint density at radius 3 is 2.44 bits per heavy atom. The number of ether oxygens (including phenoxy) is 2. The first-order valence-corrected chi connectivity index (χ1v) is 6.02. The Morgan fingerprint density at radius 2 is 2.00 bits per heavy atom. The van der Waals surface area contributed by atoms with Crippen molar-refractivity contribution in [3.05, 3.63) is 0 Å². The molecule has 0 radical (unpaired) electrons. The van der Waals surface area contributed by atoms with Gasteiger partial charge in [-0.3, -0.25) is 0 Å². The van der Waals surface area contributed by atoms with E-state index in [4.69, 9.17) is 9.47 Å². The molecule has 0 aromatic heterocycles. The summed E-state index contributed by atoms with van der Waals surface area (Å²) in [5, 5.41) is 0. The van der Waals surface area contributed by atoms with Crippen molar-refractivity contribution in [2.45, 2.75) is 45.8 Å². The van der Waals surface area contributed by atoms with Crippen LogP contribution in [0.25, 0.3) is 0 Å². The minimum Gasteiger partial charge on any atom is -0.447 e. The molecule has 1 amide bonds. The molecule has 1 fully saturated rings. The van der Waals surface area contributed by atoms with Crippen LogP contribution in [0.3, 0.4) is 0 Å². The maximum Gasteiger partial charge on any atom is 0.410 e. The third-order valence-electron chi connectivity index (χ3n) is 2.90. The molecule has 1 saturated carbocycles. The minimum absolute atomic E-state index is 0.0658. The van der Waals surface area contributed by atoms with Crippen LogP contribution in [0.4, 0.5) is 4.79 Å². The number of amides is 1. The van der Waals surface area contributed by atoms with Crippen LogP contribution >= 0.6 is 0 Å². The molecule has 4 nitrogen and oxygen atoms in total. The van der Waals surface area contributed by atoms with Crippen molar-refractivity contribution in [2.75, 3.05) is 20.3 Å². The molecule has 1 aliphatic rings. The van der Waals surface area contributed by atoms with Gasteiger partial charge in [-0.25, -0.2) is 4.79 Å². The molecular formula is C12H23NO3. The summed E-state index contributed by atoms with van der Waals surface area (Å²) >= 11 is 0. The minimum atomic E-state index is -0.216. The molecule has 0 bridgehead atoms. The molecule has 1 aliphatic carbocycles. The van der Waals surface area contributed by atoms with Crippen LogP contribution in [-0.4, -0.2) is 43.4 Å². The van der Waals surface area contributed by atoms with Crippen molar-refractivity contribution < 1.29 is 14.3 Å². The van der Waals surface area contributed by atoms with Gasteiger partial charge in [-0.15, -0.1) is 0 Å². The second kappa shape index (κ2) is 6.09. The van der Waals surface area contributed by atoms with E-state index in [1.807, 2.05) is 13.8 Å². The van der Waals surface area contributed by atoms with E-state index in [9.17, 15) is 4.79 Å². The lowest BCUT2D eigenvalue weighted by molar-refractivity contribution is 0.0507. The maximum atomic E-state index is 11.9. The van der Waals surface area contributed by atoms with Crippen LogP contribution in [-0.2, 0) is 9.47 Å². The highest BCUT2D eigenvalue weighted by molar-refractivity contribution is 5.68. The topological polar surface area (TPSA) is 38.8 Å². The van der Waals surface area contributed by atoms with E-state index in [1.165, 1.54) is 12.8 Å². The molecule has 1 rings (SSSR count). The van der Waals surface area contributed by atoms with E-state index < -0.39 is 0 Å². The fourth-order valence-corrected chi connectivity index (χ4v) is 1.75. The van der Waals surface area contributed by atoms with Crippen molar-refractivity contribution in [1.82, 2.24) is 4.90 Å². The molecule has 0 N–H and O–H groups in total. The van der Waals surface area contributed by atoms with Gasteiger partial charge in [0.1, 0.15) is 0 Å². The molecule has 0 aliphatic heterocycles. The van der Waals surface area contributed by atoms with Gasteiger partial charge in [-0.1, -0.05) is 0 Å². The summed E-state index contributed by atoms with van der Waals surface area (Å²) in [6.07, 6.45) is 2.16. The van der Waals surface area contributed by atoms with Gasteiger partial charge in [0, 0.05) is 19.7 Å². The Balaban J connectivity index is 2.50. The quantitative estimate of drug-likeness (QED) is 0.701. The van der Waals surface area contributed by atoms with Crippen LogP contribution in [0.5, 0.6) is 0 Å². The number of rotatable bonds is 6. The van der Waals surface area contributed by atoms with Crippen LogP contribution in [0.1, 0.15) is 33.6 Å². The molecule has 4 heteroatoms. The zero-order valence-electron chi connectivity index (χ0n) is 10.7. The Morgan fingerprint density at radius 1 is 1.38 bits per heavy atom. The standard InChI is InChI=1S/C12H23NO3/c1-9(2)16-12(14)13(7-8-15-4)10(3)11-5-6-11/h9-11H,5-8H2,1-4H3. The van der Waals surface area contributed by atoms with Crippen molar-refractivity contribution in [3.63, 3.8) is 0 Å². The summed E-state index contributed by atoms with van der Waals surface area (Å²) in [5.74, 6) is 0.650. The monoisotopic (exact) mass is 229 g/mol. The normalized spacial score (nSPS) is 17.3. The van der Waals surface area contributed by atoms with E-state index in [0.29, 0.717) is 19.1 Å². The summed E-state index contributed by atoms with van der Waals surface area (Å²) in [7, 11) is 1.65. The SMILES string of the molecule is COCCN(C(=O)OC(C)C)C(C)C1CC1. The fraction of sp³-hybridized carbons (Fsp3) is 0.917. The molecule has 94 valence electrons. The molecule has 1 atom stereocenters. The first kappa shape index (κ1) is 13.3. The third kappa shape index (κ3) is 4.00. The average molecular weight is 229 g/mol. The molecule has 0 aromatic carbocycles. The zero-order valence-corrected chi connectivity index (χ0v) is 10.7. The lowest BCUT2D eigenvalue weighted by Gasteiger charge is -2.29. The number of carbonyl (C=O) groups excluding carboxylic acids is 1. The van der Waals surface area contributed by atoms with Crippen LogP contribution < -0.4 is 0 Å². The third-order valence-corrected chi connectivity index (χ3v) is 2.90. The van der Waals surface area contributed by atoms with Crippen molar-refractivity contribution >= 4 is 6.09 Å². The van der Waals surface area contributed by atoms with Crippen LogP contribution in [0, 0.1) is 5.92 Å². The summed E-state index contributed by atoms with van der Waals surface area (Å²) in [6, 6.07) is 0.265. The molecule has 0 aromatic rings. The van der Waals surface area contributed by atoms with Crippen LogP contribution in [0.15, 0.2) is 0 Å². The molecular weight excluding hydrogens is 206 g/mol. The van der Waals surface area contributed by atoms with Crippen molar-refractivity contribution in [1.29, 1.82) is 0 Å². The zero-order chi connectivity index (χ0) is 12.1. The highest BCUT2D eigenvalue weighted by atomic mass is 16.6. The summed E-state index contributed by atoms with van der Waals surface area (Å²) in [6.45, 7) is 7.00. The smallest absolute Gasteiger partial charge is 0.410 e. The number of methoxy groups -OCH3 is 1. The largest absolute Gasteiger partial charge is 0.447 e. The summed E-state index contributed by atoms with van der Waals surface area (Å²) in [4.78, 5) is 13.7. The molecule has 0 heterocycles. The van der Waals surface area contributed by atoms with Gasteiger partial charge in [0.05, 0.1) is 12.7 Å². The Labute approximate surface area is 97.9 Å². The average Bonchev–Trinajstić information content (AvgIpc) is 2.99. The molecule has 0 saturated heterocycles. The Bertz CT molecular complexity index is 226. The van der Waals surface area contributed by atoms with Gasteiger partial charge in [-0.2, -0.15) is 0 Å². The van der Waals surface area contributed by atoms with E-state index in [1.54, 1.807) is 12.0 Å². The predicted molar refractivity (Wildman–Crippen MR) is 62.4 cm³/mol. The highest BCUT2D eigenvalue weighted by Crippen LogP contribution is 2.35. The number of carbonyl (C=O) groups is 1. The van der Waals surface area contributed by atoms with Gasteiger partial charge in [0.25, 0.3) is 0 Å². The van der Waals surface area contributed by atoms with Gasteiger partial charge in [0.2, 0.25) is 0 Å². The number of hydrogen-bond donors (Lipinski definition) is 0. The van der Waals surface area contributed by atoms with Gasteiger partial charge in [0.15, 0.2) is 0 Å². The second-order valence-corrected chi connectivity index (χ2v) is 4.70. The van der Waals surface area contributed by atoms with Gasteiger partial charge < -0.3 is 14.4 Å². The number of hydrogen-bond acceptors (Lipinski definition) is 3. The molecule has 0 spiro atoms. The Hall–Kier alpha value is -0.770. The van der Waals surface area contributed by atoms with Crippen molar-refractivity contribution in [2.24, 2.45) is 5.92 Å². The highest BCUT2D eigenvalue weighted by Gasteiger charge is 2.34. The lowest BCUT2D eigenvalue weighted by atomic mass is 10.2. The van der Waals surface area contributed by atoms with Gasteiger partial charge >= 0.3 is 6.09 Å². The molecule has 1 unspecified atom stereocenters. The summed E-state index contributed by atoms with van der Waals surface area (Å²) in [5.41, 5.74) is 0. The van der Waals surface area contributed by atoms with E-state index in [0.717, 1.165) is 0 Å². The maximum absolute atomic E-state index is 11.9. The van der Waals surface area contributed by atoms with E-state index in [-0.39, 0.29) is 18.2 Å². The van der Waals surface area contributed by atoms with Crippen LogP contribution in [0.2, 0.25) is 0 Å². The Kier molecular flexibility index (Phi) is 5.06. The van der Waals surface area contributed by atoms with Crippen molar-refractivity contribution in [3.8, 4) is 0 Å². The second-order valence-electron chi connectivity index (χ2n) is 4.70. The first-order chi connectivity index (χ1) is 7.56. The van der Waals surface area contributed by atoms with Gasteiger partial charge in [-0.05, 0) is 39.5 Å². The summed E-state index contributed by atoms with van der Waals surface area (Å²) < 4.78 is 10.3. The van der Waals surface area contributed by atoms with E-state index >= 15 is 0 Å². The fourth-order valence-electron chi connectivity index (χ4n) is 1.75.